The first-order chi connectivity index (χ1) is 21.9. The van der Waals surface area contributed by atoms with E-state index in [0.29, 0.717) is 11.1 Å². The minimum atomic E-state index is -1.75. The average molecular weight is 645 g/mol. The monoisotopic (exact) mass is 644 g/mol. The van der Waals surface area contributed by atoms with Crippen LogP contribution in [0.25, 0.3) is 12.2 Å². The molecule has 0 aromatic heterocycles. The number of esters is 2. The van der Waals surface area contributed by atoms with Crippen molar-refractivity contribution in [3.63, 3.8) is 0 Å². The lowest BCUT2D eigenvalue weighted by molar-refractivity contribution is -0.287. The number of aliphatic hydroxyl groups is 4. The topological polar surface area (TPSA) is 216 Å². The number of ether oxygens (including phenoxy) is 5. The summed E-state index contributed by atoms with van der Waals surface area (Å²) in [6, 6.07) is 9.12. The number of ketones is 2. The van der Waals surface area contributed by atoms with E-state index in [4.69, 9.17) is 23.7 Å². The molecule has 0 spiro atoms. The molecule has 2 aromatic carbocycles. The van der Waals surface area contributed by atoms with Crippen molar-refractivity contribution in [1.29, 1.82) is 0 Å². The number of methoxy groups -OCH3 is 2. The molecule has 1 aliphatic rings. The first-order valence-corrected chi connectivity index (χ1v) is 14.1. The number of allylic oxidation sites excluding steroid dienone is 2. The van der Waals surface area contributed by atoms with Crippen LogP contribution in [0.15, 0.2) is 48.6 Å². The molecule has 5 atom stereocenters. The first-order valence-electron chi connectivity index (χ1n) is 14.1. The van der Waals surface area contributed by atoms with E-state index < -0.39 is 60.8 Å². The van der Waals surface area contributed by atoms with Crippen molar-refractivity contribution in [3.05, 3.63) is 59.7 Å². The average Bonchev–Trinajstić information content (AvgIpc) is 3.03. The van der Waals surface area contributed by atoms with E-state index in [2.05, 4.69) is 0 Å². The van der Waals surface area contributed by atoms with Crippen molar-refractivity contribution in [1.82, 2.24) is 0 Å². The number of phenolic OH excluding ortho intramolecular Hbond substituents is 1. The fourth-order valence-corrected chi connectivity index (χ4v) is 4.20. The summed E-state index contributed by atoms with van der Waals surface area (Å²) in [5.41, 5.74) is 1.14. The largest absolute Gasteiger partial charge is 0.504 e. The second kappa shape index (κ2) is 17.2. The Bertz CT molecular complexity index is 1450. The Labute approximate surface area is 264 Å². The van der Waals surface area contributed by atoms with E-state index in [0.717, 1.165) is 0 Å². The Kier molecular flexibility index (Phi) is 13.4. The van der Waals surface area contributed by atoms with Gasteiger partial charge in [0, 0.05) is 12.8 Å². The van der Waals surface area contributed by atoms with Gasteiger partial charge in [-0.1, -0.05) is 24.3 Å². The molecule has 1 aliphatic heterocycles. The molecule has 1 saturated heterocycles. The van der Waals surface area contributed by atoms with Gasteiger partial charge in [0.05, 0.1) is 20.6 Å². The molecule has 2 aromatic rings. The minimum Gasteiger partial charge on any atom is -0.504 e. The Morgan fingerprint density at radius 1 is 0.761 bits per heavy atom. The standard InChI is InChI=1S/C32H36O14/c1-42-24-14-18(8-12-22(24)35)6-10-20(33)16-21(34)11-7-19-9-13-23(25(15-19)43-2)45-28(37)5-3-4-27(36)44-17-26-29(38)30(39)31(40)32(41)46-26/h6-15,26,29-32,35,38-41H,3-5,16-17H2,1-2H3/t26-,29+,30+,31-,32+/m0/s1. The van der Waals surface area contributed by atoms with Crippen LogP contribution in [-0.4, -0.2) is 101 Å². The van der Waals surface area contributed by atoms with Crippen molar-refractivity contribution in [2.24, 2.45) is 0 Å². The number of aliphatic hydroxyl groups excluding tert-OH is 4. The third-order valence-electron chi connectivity index (χ3n) is 6.74. The summed E-state index contributed by atoms with van der Waals surface area (Å²) in [5.74, 6) is -1.73. The van der Waals surface area contributed by atoms with E-state index >= 15 is 0 Å². The van der Waals surface area contributed by atoms with Crippen LogP contribution in [0, 0.1) is 0 Å². The molecule has 0 unspecified atom stereocenters. The summed E-state index contributed by atoms with van der Waals surface area (Å²) in [6.07, 6.45) is -3.12. The number of hydrogen-bond donors (Lipinski definition) is 5. The van der Waals surface area contributed by atoms with Crippen molar-refractivity contribution >= 4 is 35.7 Å². The van der Waals surface area contributed by atoms with Crippen LogP contribution in [0.2, 0.25) is 0 Å². The highest BCUT2D eigenvalue weighted by molar-refractivity contribution is 6.10. The van der Waals surface area contributed by atoms with E-state index in [-0.39, 0.29) is 48.7 Å². The Morgan fingerprint density at radius 2 is 1.35 bits per heavy atom. The highest BCUT2D eigenvalue weighted by Gasteiger charge is 2.43. The number of carbonyl (C=O) groups is 4. The summed E-state index contributed by atoms with van der Waals surface area (Å²) in [6.45, 7) is -0.487. The molecular weight excluding hydrogens is 608 g/mol. The van der Waals surface area contributed by atoms with E-state index in [9.17, 15) is 44.7 Å². The quantitative estimate of drug-likeness (QED) is 0.0794. The van der Waals surface area contributed by atoms with E-state index in [1.54, 1.807) is 18.2 Å². The molecule has 0 radical (unpaired) electrons. The first kappa shape index (κ1) is 35.9. The number of carbonyl (C=O) groups excluding carboxylic acids is 4. The van der Waals surface area contributed by atoms with Gasteiger partial charge in [-0.3, -0.25) is 19.2 Å². The van der Waals surface area contributed by atoms with Crippen LogP contribution in [0.3, 0.4) is 0 Å². The van der Waals surface area contributed by atoms with Gasteiger partial charge in [0.15, 0.2) is 40.9 Å². The lowest BCUT2D eigenvalue weighted by atomic mass is 9.99. The van der Waals surface area contributed by atoms with Crippen LogP contribution >= 0.6 is 0 Å². The fourth-order valence-electron chi connectivity index (χ4n) is 4.20. The van der Waals surface area contributed by atoms with Gasteiger partial charge in [-0.2, -0.15) is 0 Å². The summed E-state index contributed by atoms with van der Waals surface area (Å²) >= 11 is 0. The van der Waals surface area contributed by atoms with Gasteiger partial charge in [0.25, 0.3) is 0 Å². The van der Waals surface area contributed by atoms with Crippen molar-refractivity contribution < 1.29 is 68.4 Å². The maximum Gasteiger partial charge on any atom is 0.311 e. The second-order valence-electron chi connectivity index (χ2n) is 10.2. The highest BCUT2D eigenvalue weighted by atomic mass is 16.7. The Morgan fingerprint density at radius 3 is 1.98 bits per heavy atom. The third-order valence-corrected chi connectivity index (χ3v) is 6.74. The van der Waals surface area contributed by atoms with Gasteiger partial charge in [-0.25, -0.2) is 0 Å². The molecule has 14 heteroatoms. The number of benzene rings is 2. The van der Waals surface area contributed by atoms with Crippen molar-refractivity contribution in [2.75, 3.05) is 20.8 Å². The lowest BCUT2D eigenvalue weighted by Crippen LogP contribution is -2.58. The van der Waals surface area contributed by atoms with Gasteiger partial charge in [0.1, 0.15) is 31.0 Å². The minimum absolute atomic E-state index is 0.0374. The number of phenols is 1. The van der Waals surface area contributed by atoms with Crippen LogP contribution < -0.4 is 14.2 Å². The summed E-state index contributed by atoms with van der Waals surface area (Å²) < 4.78 is 25.5. The zero-order chi connectivity index (χ0) is 33.8. The van der Waals surface area contributed by atoms with Gasteiger partial charge in [0.2, 0.25) is 0 Å². The normalized spacial score (nSPS) is 21.2. The molecule has 14 nitrogen and oxygen atoms in total. The number of aromatic hydroxyl groups is 1. The molecule has 0 amide bonds. The maximum atomic E-state index is 12.3. The molecule has 0 aliphatic carbocycles. The molecule has 248 valence electrons. The third kappa shape index (κ3) is 10.5. The maximum absolute atomic E-state index is 12.3. The Balaban J connectivity index is 1.43. The predicted octanol–water partition coefficient (Wildman–Crippen LogP) is 1.08. The molecule has 3 rings (SSSR count). The summed E-state index contributed by atoms with van der Waals surface area (Å²) in [4.78, 5) is 48.9. The second-order valence-corrected chi connectivity index (χ2v) is 10.2. The smallest absolute Gasteiger partial charge is 0.311 e. The van der Waals surface area contributed by atoms with Crippen LogP contribution in [0.4, 0.5) is 0 Å². The van der Waals surface area contributed by atoms with Crippen LogP contribution in [-0.2, 0) is 28.7 Å². The predicted molar refractivity (Wildman–Crippen MR) is 160 cm³/mol. The summed E-state index contributed by atoms with van der Waals surface area (Å²) in [7, 11) is 2.77. The number of hydrogen-bond acceptors (Lipinski definition) is 14. The van der Waals surface area contributed by atoms with Gasteiger partial charge >= 0.3 is 11.9 Å². The van der Waals surface area contributed by atoms with Crippen molar-refractivity contribution in [2.45, 2.75) is 56.4 Å². The van der Waals surface area contributed by atoms with E-state index in [1.165, 1.54) is 56.7 Å². The SMILES string of the molecule is COc1cc(C=CC(=O)CC(=O)C=Cc2ccc(OC(=O)CCCC(=O)OC[C@@H]3O[C@@H](O)[C@@H](O)[C@H](O)[C@@H]3O)c(OC)c2)ccc1O. The van der Waals surface area contributed by atoms with E-state index in [1.807, 2.05) is 0 Å². The van der Waals surface area contributed by atoms with Crippen LogP contribution in [0.5, 0.6) is 23.0 Å². The molecule has 1 fully saturated rings. The summed E-state index contributed by atoms with van der Waals surface area (Å²) in [5, 5.41) is 48.3. The zero-order valence-corrected chi connectivity index (χ0v) is 25.1. The molecular formula is C32H36O14. The molecule has 1 heterocycles. The van der Waals surface area contributed by atoms with Gasteiger partial charge < -0.3 is 49.2 Å². The van der Waals surface area contributed by atoms with Crippen molar-refractivity contribution in [3.8, 4) is 23.0 Å². The van der Waals surface area contributed by atoms with Gasteiger partial charge in [-0.15, -0.1) is 0 Å². The molecule has 0 bridgehead atoms. The lowest BCUT2D eigenvalue weighted by Gasteiger charge is -2.37. The molecule has 5 N–H and O–H groups in total. The Hall–Kier alpha value is -4.60. The number of rotatable bonds is 15. The molecule has 0 saturated carbocycles. The molecule has 46 heavy (non-hydrogen) atoms. The zero-order valence-electron chi connectivity index (χ0n) is 25.1. The van der Waals surface area contributed by atoms with Crippen LogP contribution in [0.1, 0.15) is 36.8 Å². The fraction of sp³-hybridized carbons (Fsp3) is 0.375. The van der Waals surface area contributed by atoms with Gasteiger partial charge in [-0.05, 0) is 54.0 Å². The highest BCUT2D eigenvalue weighted by Crippen LogP contribution is 2.29.